The Bertz CT molecular complexity index is 520. The van der Waals surface area contributed by atoms with Gasteiger partial charge < -0.3 is 5.32 Å². The lowest BCUT2D eigenvalue weighted by molar-refractivity contribution is 0.554. The maximum Gasteiger partial charge on any atom is 0.241 e. The van der Waals surface area contributed by atoms with Crippen LogP contribution in [0, 0.1) is 5.41 Å². The minimum Gasteiger partial charge on any atom is -0.312 e. The first-order chi connectivity index (χ1) is 8.37. The van der Waals surface area contributed by atoms with Gasteiger partial charge in [-0.3, -0.25) is 0 Å². The van der Waals surface area contributed by atoms with Crippen LogP contribution in [0.2, 0.25) is 0 Å². The lowest BCUT2D eigenvalue weighted by Crippen LogP contribution is -2.29. The number of nitrogens with one attached hydrogen (secondary N) is 2. The van der Waals surface area contributed by atoms with E-state index in [-0.39, 0.29) is 11.5 Å². The standard InChI is InChI=1S/C12H20N2O2S2/c1-4-13-8-9-10(5-6-17-9)18(15,16)14-11-7-12(11,2)3/h5-6,11,13-14H,4,7-8H2,1-3H3. The first-order valence-corrected chi connectivity index (χ1v) is 8.52. The summed E-state index contributed by atoms with van der Waals surface area (Å²) in [6.45, 7) is 7.60. The van der Waals surface area contributed by atoms with Gasteiger partial charge in [-0.15, -0.1) is 11.3 Å². The molecule has 2 N–H and O–H groups in total. The fourth-order valence-electron chi connectivity index (χ4n) is 1.85. The molecule has 0 spiro atoms. The molecule has 1 aromatic heterocycles. The van der Waals surface area contributed by atoms with Gasteiger partial charge in [0.15, 0.2) is 0 Å². The molecule has 0 aromatic carbocycles. The number of thiophene rings is 1. The molecule has 0 saturated heterocycles. The highest BCUT2D eigenvalue weighted by Crippen LogP contribution is 2.45. The summed E-state index contributed by atoms with van der Waals surface area (Å²) in [5.74, 6) is 0. The highest BCUT2D eigenvalue weighted by molar-refractivity contribution is 7.89. The SMILES string of the molecule is CCNCc1sccc1S(=O)(=O)NC1CC1(C)C. The number of hydrogen-bond donors (Lipinski definition) is 2. The summed E-state index contributed by atoms with van der Waals surface area (Å²) in [5, 5.41) is 5.00. The van der Waals surface area contributed by atoms with E-state index < -0.39 is 10.0 Å². The summed E-state index contributed by atoms with van der Waals surface area (Å²) in [6.07, 6.45) is 0.916. The third-order valence-corrected chi connectivity index (χ3v) is 5.95. The highest BCUT2D eigenvalue weighted by atomic mass is 32.2. The minimum absolute atomic E-state index is 0.0781. The van der Waals surface area contributed by atoms with Crippen molar-refractivity contribution < 1.29 is 8.42 Å². The second-order valence-electron chi connectivity index (χ2n) is 5.35. The van der Waals surface area contributed by atoms with Gasteiger partial charge in [0.1, 0.15) is 0 Å². The average Bonchev–Trinajstić information content (AvgIpc) is 2.71. The van der Waals surface area contributed by atoms with Crippen molar-refractivity contribution in [3.8, 4) is 0 Å². The van der Waals surface area contributed by atoms with E-state index in [1.807, 2.05) is 12.3 Å². The highest BCUT2D eigenvalue weighted by Gasteiger charge is 2.48. The van der Waals surface area contributed by atoms with Gasteiger partial charge in [0, 0.05) is 17.5 Å². The zero-order valence-electron chi connectivity index (χ0n) is 11.0. The largest absolute Gasteiger partial charge is 0.312 e. The summed E-state index contributed by atoms with van der Waals surface area (Å²) >= 11 is 1.48. The third-order valence-electron chi connectivity index (χ3n) is 3.34. The maximum absolute atomic E-state index is 12.3. The lowest BCUT2D eigenvalue weighted by atomic mass is 10.2. The van der Waals surface area contributed by atoms with Crippen molar-refractivity contribution in [2.45, 2.75) is 44.7 Å². The van der Waals surface area contributed by atoms with Crippen LogP contribution in [0.1, 0.15) is 32.1 Å². The van der Waals surface area contributed by atoms with Crippen LogP contribution in [0.25, 0.3) is 0 Å². The summed E-state index contributed by atoms with van der Waals surface area (Å²) < 4.78 is 27.4. The zero-order chi connectivity index (χ0) is 13.4. The molecule has 0 aliphatic heterocycles. The van der Waals surface area contributed by atoms with Gasteiger partial charge in [0.25, 0.3) is 0 Å². The molecule has 4 nitrogen and oxygen atoms in total. The Kier molecular flexibility index (Phi) is 3.82. The molecular formula is C12H20N2O2S2. The number of rotatable bonds is 6. The maximum atomic E-state index is 12.3. The van der Waals surface area contributed by atoms with Crippen LogP contribution < -0.4 is 10.0 Å². The predicted octanol–water partition coefficient (Wildman–Crippen LogP) is 1.93. The van der Waals surface area contributed by atoms with E-state index in [1.54, 1.807) is 6.07 Å². The molecule has 0 radical (unpaired) electrons. The monoisotopic (exact) mass is 288 g/mol. The molecule has 1 atom stereocenters. The zero-order valence-corrected chi connectivity index (χ0v) is 12.6. The Labute approximate surface area is 113 Å². The number of sulfonamides is 1. The van der Waals surface area contributed by atoms with E-state index in [2.05, 4.69) is 23.9 Å². The Balaban J connectivity index is 2.12. The molecule has 1 aliphatic rings. The first kappa shape index (κ1) is 14.0. The molecule has 1 saturated carbocycles. The van der Waals surface area contributed by atoms with Crippen molar-refractivity contribution in [2.24, 2.45) is 5.41 Å². The smallest absolute Gasteiger partial charge is 0.241 e. The molecule has 102 valence electrons. The first-order valence-electron chi connectivity index (χ1n) is 6.16. The van der Waals surface area contributed by atoms with Crippen molar-refractivity contribution >= 4 is 21.4 Å². The Morgan fingerprint density at radius 3 is 2.72 bits per heavy atom. The van der Waals surface area contributed by atoms with E-state index in [4.69, 9.17) is 0 Å². The van der Waals surface area contributed by atoms with E-state index in [1.165, 1.54) is 11.3 Å². The molecule has 0 amide bonds. The van der Waals surface area contributed by atoms with E-state index >= 15 is 0 Å². The molecule has 1 aliphatic carbocycles. The average molecular weight is 288 g/mol. The van der Waals surface area contributed by atoms with Gasteiger partial charge in [-0.2, -0.15) is 0 Å². The predicted molar refractivity (Wildman–Crippen MR) is 74.2 cm³/mol. The fraction of sp³-hybridized carbons (Fsp3) is 0.667. The molecular weight excluding hydrogens is 268 g/mol. The van der Waals surface area contributed by atoms with Crippen molar-refractivity contribution in [3.05, 3.63) is 16.3 Å². The van der Waals surface area contributed by atoms with Gasteiger partial charge in [-0.1, -0.05) is 20.8 Å². The van der Waals surface area contributed by atoms with Crippen molar-refractivity contribution in [1.82, 2.24) is 10.0 Å². The Morgan fingerprint density at radius 2 is 2.17 bits per heavy atom. The second-order valence-corrected chi connectivity index (χ2v) is 8.04. The van der Waals surface area contributed by atoms with Crippen LogP contribution in [0.5, 0.6) is 0 Å². The van der Waals surface area contributed by atoms with Crippen LogP contribution in [0.3, 0.4) is 0 Å². The Hall–Kier alpha value is -0.430. The summed E-state index contributed by atoms with van der Waals surface area (Å²) in [7, 11) is -3.37. The van der Waals surface area contributed by atoms with Crippen LogP contribution in [-0.2, 0) is 16.6 Å². The fourth-order valence-corrected chi connectivity index (χ4v) is 4.68. The van der Waals surface area contributed by atoms with Crippen LogP contribution in [-0.4, -0.2) is 21.0 Å². The molecule has 1 fully saturated rings. The van der Waals surface area contributed by atoms with Gasteiger partial charge in [0.05, 0.1) is 4.90 Å². The number of hydrogen-bond acceptors (Lipinski definition) is 4. The van der Waals surface area contributed by atoms with Gasteiger partial charge >= 0.3 is 0 Å². The molecule has 1 aromatic rings. The molecule has 18 heavy (non-hydrogen) atoms. The summed E-state index contributed by atoms with van der Waals surface area (Å²) in [5.41, 5.74) is 0.102. The lowest BCUT2D eigenvalue weighted by Gasteiger charge is -2.09. The molecule has 6 heteroatoms. The minimum atomic E-state index is -3.37. The molecule has 0 bridgehead atoms. The summed E-state index contributed by atoms with van der Waals surface area (Å²) in [6, 6.07) is 1.77. The van der Waals surface area contributed by atoms with Gasteiger partial charge in [-0.05, 0) is 29.8 Å². The van der Waals surface area contributed by atoms with E-state index in [0.717, 1.165) is 17.8 Å². The Morgan fingerprint density at radius 1 is 1.50 bits per heavy atom. The third kappa shape index (κ3) is 2.93. The quantitative estimate of drug-likeness (QED) is 0.841. The normalized spacial score (nSPS) is 22.1. The summed E-state index contributed by atoms with van der Waals surface area (Å²) in [4.78, 5) is 1.30. The second kappa shape index (κ2) is 4.92. The van der Waals surface area contributed by atoms with E-state index in [9.17, 15) is 8.42 Å². The van der Waals surface area contributed by atoms with Crippen LogP contribution >= 0.6 is 11.3 Å². The van der Waals surface area contributed by atoms with Crippen LogP contribution in [0.4, 0.5) is 0 Å². The van der Waals surface area contributed by atoms with Gasteiger partial charge in [-0.25, -0.2) is 13.1 Å². The molecule has 1 heterocycles. The topological polar surface area (TPSA) is 58.2 Å². The van der Waals surface area contributed by atoms with Crippen molar-refractivity contribution in [3.63, 3.8) is 0 Å². The van der Waals surface area contributed by atoms with Crippen molar-refractivity contribution in [2.75, 3.05) is 6.54 Å². The van der Waals surface area contributed by atoms with Crippen molar-refractivity contribution in [1.29, 1.82) is 0 Å². The van der Waals surface area contributed by atoms with Crippen LogP contribution in [0.15, 0.2) is 16.3 Å². The van der Waals surface area contributed by atoms with E-state index in [0.29, 0.717) is 11.4 Å². The molecule has 2 rings (SSSR count). The molecule has 1 unspecified atom stereocenters. The van der Waals surface area contributed by atoms with Gasteiger partial charge in [0.2, 0.25) is 10.0 Å².